The molecule has 0 aliphatic carbocycles. The molecule has 0 unspecified atom stereocenters. The molecule has 10 heteroatoms. The van der Waals surface area contributed by atoms with Gasteiger partial charge in [0.15, 0.2) is 11.6 Å². The molecule has 0 saturated heterocycles. The van der Waals surface area contributed by atoms with E-state index < -0.39 is 5.82 Å². The zero-order valence-corrected chi connectivity index (χ0v) is 17.7. The molecule has 0 spiro atoms. The first-order valence-electron chi connectivity index (χ1n) is 10.1. The van der Waals surface area contributed by atoms with Crippen molar-refractivity contribution in [2.45, 2.75) is 0 Å². The largest absolute Gasteiger partial charge is 0.472 e. The van der Waals surface area contributed by atoms with Gasteiger partial charge in [0.05, 0.1) is 47.0 Å². The van der Waals surface area contributed by atoms with Gasteiger partial charge in [-0.25, -0.2) is 9.37 Å². The van der Waals surface area contributed by atoms with Gasteiger partial charge in [0.1, 0.15) is 22.6 Å². The van der Waals surface area contributed by atoms with E-state index in [1.54, 1.807) is 37.3 Å². The zero-order chi connectivity index (χ0) is 22.5. The van der Waals surface area contributed by atoms with Gasteiger partial charge in [-0.15, -0.1) is 0 Å². The van der Waals surface area contributed by atoms with Crippen molar-refractivity contribution in [3.63, 3.8) is 0 Å². The van der Waals surface area contributed by atoms with Crippen LogP contribution < -0.4 is 4.90 Å². The van der Waals surface area contributed by atoms with Crippen molar-refractivity contribution in [1.29, 1.82) is 0 Å². The number of anilines is 1. The second-order valence-corrected chi connectivity index (χ2v) is 7.76. The van der Waals surface area contributed by atoms with E-state index in [9.17, 15) is 0 Å². The maximum atomic E-state index is 15.8. The van der Waals surface area contributed by atoms with Gasteiger partial charge in [0.2, 0.25) is 0 Å². The molecule has 6 aromatic rings. The van der Waals surface area contributed by atoms with Crippen molar-refractivity contribution in [1.82, 2.24) is 35.1 Å². The first-order chi connectivity index (χ1) is 16.1. The van der Waals surface area contributed by atoms with Crippen LogP contribution in [0.1, 0.15) is 0 Å². The first kappa shape index (κ1) is 19.1. The van der Waals surface area contributed by atoms with Gasteiger partial charge in [0, 0.05) is 37.6 Å². The highest BCUT2D eigenvalue weighted by Gasteiger charge is 2.21. The van der Waals surface area contributed by atoms with Gasteiger partial charge in [0.25, 0.3) is 0 Å². The van der Waals surface area contributed by atoms with Crippen LogP contribution >= 0.6 is 0 Å². The Kier molecular flexibility index (Phi) is 4.19. The molecule has 0 aliphatic heterocycles. The van der Waals surface area contributed by atoms with Crippen LogP contribution in [0.3, 0.4) is 0 Å². The van der Waals surface area contributed by atoms with Gasteiger partial charge in [-0.05, 0) is 18.2 Å². The summed E-state index contributed by atoms with van der Waals surface area (Å²) in [6, 6.07) is 5.47. The number of H-pyrrole nitrogens is 2. The smallest absolute Gasteiger partial charge is 0.161 e. The van der Waals surface area contributed by atoms with E-state index in [0.29, 0.717) is 39.2 Å². The fraction of sp³-hybridized carbons (Fsp3) is 0.0870. The maximum Gasteiger partial charge on any atom is 0.161 e. The van der Waals surface area contributed by atoms with E-state index in [1.807, 2.05) is 37.2 Å². The molecule has 6 heterocycles. The highest BCUT2D eigenvalue weighted by Crippen LogP contribution is 2.34. The second-order valence-electron chi connectivity index (χ2n) is 7.76. The normalized spacial score (nSPS) is 11.5. The van der Waals surface area contributed by atoms with Crippen molar-refractivity contribution in [2.75, 3.05) is 19.0 Å². The Bertz CT molecular complexity index is 1620. The molecule has 162 valence electrons. The maximum absolute atomic E-state index is 15.8. The van der Waals surface area contributed by atoms with Crippen molar-refractivity contribution >= 4 is 27.6 Å². The standard InChI is InChI=1S/C23H17FN8O/c1-32(2)14-7-13(8-25-9-14)19-18(24)17-16(10-27-19)30-31-22(17)23-28-15-3-5-26-20(21(15)29-23)12-4-6-33-11-12/h3-11H,1-2H3,(H,28,29)(H,30,31). The number of nitrogens with zero attached hydrogens (tertiary/aromatic N) is 6. The van der Waals surface area contributed by atoms with Crippen LogP contribution in [0.15, 0.2) is 59.9 Å². The average Bonchev–Trinajstić information content (AvgIpc) is 3.58. The molecule has 0 amide bonds. The van der Waals surface area contributed by atoms with Crippen LogP contribution in [0, 0.1) is 5.82 Å². The summed E-state index contributed by atoms with van der Waals surface area (Å²) in [5, 5.41) is 7.49. The molecule has 0 radical (unpaired) electrons. The zero-order valence-electron chi connectivity index (χ0n) is 17.7. The predicted molar refractivity (Wildman–Crippen MR) is 122 cm³/mol. The lowest BCUT2D eigenvalue weighted by atomic mass is 10.1. The number of furan rings is 1. The van der Waals surface area contributed by atoms with E-state index in [2.05, 4.69) is 30.1 Å². The molecule has 6 rings (SSSR count). The Labute approximate surface area is 186 Å². The molecule has 6 aromatic heterocycles. The molecule has 2 N–H and O–H groups in total. The molecule has 0 saturated carbocycles. The lowest BCUT2D eigenvalue weighted by Gasteiger charge is -2.13. The Morgan fingerprint density at radius 3 is 2.70 bits per heavy atom. The van der Waals surface area contributed by atoms with Gasteiger partial charge in [-0.3, -0.25) is 20.1 Å². The number of rotatable bonds is 4. The molecule has 0 fully saturated rings. The van der Waals surface area contributed by atoms with Crippen LogP contribution in [-0.4, -0.2) is 49.2 Å². The lowest BCUT2D eigenvalue weighted by Crippen LogP contribution is -2.09. The quantitative estimate of drug-likeness (QED) is 0.417. The first-order valence-corrected chi connectivity index (χ1v) is 10.1. The molecular weight excluding hydrogens is 423 g/mol. The topological polar surface area (TPSA) is 112 Å². The Hall–Kier alpha value is -4.60. The molecule has 9 nitrogen and oxygen atoms in total. The van der Waals surface area contributed by atoms with Gasteiger partial charge >= 0.3 is 0 Å². The molecule has 0 atom stereocenters. The SMILES string of the molecule is CN(C)c1cncc(-c2ncc3[nH]nc(-c4nc5c(-c6ccoc6)nccc5[nH]4)c3c2F)c1. The summed E-state index contributed by atoms with van der Waals surface area (Å²) in [5.41, 5.74) is 5.30. The third-order valence-corrected chi connectivity index (χ3v) is 5.48. The number of halogens is 1. The minimum atomic E-state index is -0.498. The summed E-state index contributed by atoms with van der Waals surface area (Å²) in [4.78, 5) is 22.8. The van der Waals surface area contributed by atoms with Crippen LogP contribution in [0.25, 0.3) is 56.0 Å². The monoisotopic (exact) mass is 440 g/mol. The summed E-state index contributed by atoms with van der Waals surface area (Å²) in [6.07, 6.45) is 9.73. The van der Waals surface area contributed by atoms with Gasteiger partial charge < -0.3 is 14.3 Å². The summed E-state index contributed by atoms with van der Waals surface area (Å²) in [6.45, 7) is 0. The predicted octanol–water partition coefficient (Wildman–Crippen LogP) is 4.42. The number of aromatic amines is 2. The average molecular weight is 440 g/mol. The molecule has 0 bridgehead atoms. The van der Waals surface area contributed by atoms with E-state index in [4.69, 9.17) is 9.40 Å². The second kappa shape index (κ2) is 7.23. The number of pyridine rings is 3. The molecule has 0 aromatic carbocycles. The lowest BCUT2D eigenvalue weighted by molar-refractivity contribution is 0.568. The number of imidazole rings is 1. The highest BCUT2D eigenvalue weighted by molar-refractivity contribution is 5.97. The minimum Gasteiger partial charge on any atom is -0.472 e. The van der Waals surface area contributed by atoms with Gasteiger partial charge in [-0.1, -0.05) is 0 Å². The van der Waals surface area contributed by atoms with E-state index in [-0.39, 0.29) is 5.69 Å². The van der Waals surface area contributed by atoms with E-state index in [0.717, 1.165) is 16.8 Å². The van der Waals surface area contributed by atoms with E-state index in [1.165, 1.54) is 0 Å². The number of hydrogen-bond acceptors (Lipinski definition) is 7. The third kappa shape index (κ3) is 3.03. The fourth-order valence-corrected chi connectivity index (χ4v) is 3.81. The number of aromatic nitrogens is 7. The fourth-order valence-electron chi connectivity index (χ4n) is 3.81. The highest BCUT2D eigenvalue weighted by atomic mass is 19.1. The summed E-state index contributed by atoms with van der Waals surface area (Å²) in [5.74, 6) is -0.0761. The van der Waals surface area contributed by atoms with Crippen LogP contribution in [0.5, 0.6) is 0 Å². The van der Waals surface area contributed by atoms with E-state index >= 15 is 4.39 Å². The molecular formula is C23H17FN8O. The van der Waals surface area contributed by atoms with Crippen LogP contribution in [0.2, 0.25) is 0 Å². The summed E-state index contributed by atoms with van der Waals surface area (Å²) >= 11 is 0. The van der Waals surface area contributed by atoms with Crippen molar-refractivity contribution < 1.29 is 8.81 Å². The van der Waals surface area contributed by atoms with Crippen molar-refractivity contribution in [3.8, 4) is 34.0 Å². The Morgan fingerprint density at radius 2 is 1.88 bits per heavy atom. The Morgan fingerprint density at radius 1 is 0.970 bits per heavy atom. The third-order valence-electron chi connectivity index (χ3n) is 5.48. The number of hydrogen-bond donors (Lipinski definition) is 2. The Balaban J connectivity index is 1.53. The van der Waals surface area contributed by atoms with Crippen LogP contribution in [-0.2, 0) is 0 Å². The number of fused-ring (bicyclic) bond motifs is 2. The summed E-state index contributed by atoms with van der Waals surface area (Å²) < 4.78 is 21.0. The minimum absolute atomic E-state index is 0.193. The summed E-state index contributed by atoms with van der Waals surface area (Å²) in [7, 11) is 3.80. The molecule has 33 heavy (non-hydrogen) atoms. The van der Waals surface area contributed by atoms with Gasteiger partial charge in [-0.2, -0.15) is 5.10 Å². The van der Waals surface area contributed by atoms with Crippen molar-refractivity contribution in [3.05, 3.63) is 61.3 Å². The van der Waals surface area contributed by atoms with Crippen molar-refractivity contribution in [2.24, 2.45) is 0 Å². The molecule has 0 aliphatic rings. The number of nitrogens with one attached hydrogen (secondary N) is 2. The van der Waals surface area contributed by atoms with Crippen LogP contribution in [0.4, 0.5) is 10.1 Å².